The van der Waals surface area contributed by atoms with E-state index in [-0.39, 0.29) is 10.0 Å². The van der Waals surface area contributed by atoms with Gasteiger partial charge in [-0.1, -0.05) is 29.3 Å². The fourth-order valence-corrected chi connectivity index (χ4v) is 2.73. The maximum Gasteiger partial charge on any atom is 0.136 e. The first kappa shape index (κ1) is 13.6. The van der Waals surface area contributed by atoms with E-state index in [4.69, 9.17) is 23.2 Å². The summed E-state index contributed by atoms with van der Waals surface area (Å²) in [5, 5.41) is 0.567. The van der Waals surface area contributed by atoms with E-state index in [2.05, 4.69) is 4.98 Å². The lowest BCUT2D eigenvalue weighted by atomic mass is 10.3. The van der Waals surface area contributed by atoms with Crippen LogP contribution in [0.5, 0.6) is 0 Å². The summed E-state index contributed by atoms with van der Waals surface area (Å²) in [7, 11) is 0. The molecule has 6 heteroatoms. The van der Waals surface area contributed by atoms with E-state index >= 15 is 0 Å². The van der Waals surface area contributed by atoms with Crippen molar-refractivity contribution in [2.75, 3.05) is 0 Å². The van der Waals surface area contributed by atoms with Gasteiger partial charge < -0.3 is 0 Å². The molecule has 0 bridgehead atoms. The molecule has 0 N–H and O–H groups in total. The highest BCUT2D eigenvalue weighted by molar-refractivity contribution is 7.98. The third-order valence-corrected chi connectivity index (χ3v) is 3.79. The van der Waals surface area contributed by atoms with Crippen molar-refractivity contribution < 1.29 is 8.78 Å². The van der Waals surface area contributed by atoms with Crippen LogP contribution in [-0.4, -0.2) is 4.98 Å². The topological polar surface area (TPSA) is 12.9 Å². The number of nitrogens with zero attached hydrogens (tertiary/aromatic N) is 1. The zero-order valence-corrected chi connectivity index (χ0v) is 11.3. The number of rotatable bonds is 3. The lowest BCUT2D eigenvalue weighted by molar-refractivity contribution is 0.577. The third kappa shape index (κ3) is 3.34. The molecule has 0 spiro atoms. The molecule has 0 amide bonds. The smallest absolute Gasteiger partial charge is 0.136 e. The molecule has 0 aliphatic carbocycles. The maximum atomic E-state index is 13.4. The van der Waals surface area contributed by atoms with Gasteiger partial charge in [-0.05, 0) is 29.8 Å². The average Bonchev–Trinajstić information content (AvgIpc) is 2.32. The van der Waals surface area contributed by atoms with Gasteiger partial charge in [0.15, 0.2) is 0 Å². The molecule has 1 heterocycles. The SMILES string of the molecule is Fc1ccc(F)c(SCc2ccc(Cl)nc2Cl)c1. The predicted octanol–water partition coefficient (Wildman–Crippen LogP) is 4.96. The molecule has 0 saturated carbocycles. The van der Waals surface area contributed by atoms with Crippen molar-refractivity contribution in [1.82, 2.24) is 4.98 Å². The highest BCUT2D eigenvalue weighted by Crippen LogP contribution is 2.28. The Morgan fingerprint density at radius 2 is 1.89 bits per heavy atom. The first-order chi connectivity index (χ1) is 8.56. The van der Waals surface area contributed by atoms with Crippen molar-refractivity contribution in [3.63, 3.8) is 0 Å². The Labute approximate surface area is 117 Å². The molecule has 0 fully saturated rings. The second-order valence-electron chi connectivity index (χ2n) is 3.45. The molecule has 1 aromatic heterocycles. The first-order valence-corrected chi connectivity index (χ1v) is 6.69. The van der Waals surface area contributed by atoms with Gasteiger partial charge in [-0.3, -0.25) is 0 Å². The molecule has 0 aliphatic rings. The van der Waals surface area contributed by atoms with Gasteiger partial charge in [0.2, 0.25) is 0 Å². The van der Waals surface area contributed by atoms with Crippen LogP contribution in [0.2, 0.25) is 10.3 Å². The van der Waals surface area contributed by atoms with Gasteiger partial charge in [-0.2, -0.15) is 0 Å². The van der Waals surface area contributed by atoms with E-state index in [1.165, 1.54) is 0 Å². The Morgan fingerprint density at radius 1 is 1.11 bits per heavy atom. The highest BCUT2D eigenvalue weighted by Gasteiger charge is 2.08. The van der Waals surface area contributed by atoms with Crippen molar-refractivity contribution >= 4 is 35.0 Å². The number of pyridine rings is 1. The van der Waals surface area contributed by atoms with Crippen LogP contribution in [0.3, 0.4) is 0 Å². The van der Waals surface area contributed by atoms with Crippen LogP contribution in [0.1, 0.15) is 5.56 Å². The second-order valence-corrected chi connectivity index (χ2v) is 5.21. The van der Waals surface area contributed by atoms with Gasteiger partial charge in [0.05, 0.1) is 0 Å². The number of aromatic nitrogens is 1. The van der Waals surface area contributed by atoms with Crippen LogP contribution in [-0.2, 0) is 5.75 Å². The molecule has 1 nitrogen and oxygen atoms in total. The molecule has 94 valence electrons. The highest BCUT2D eigenvalue weighted by atomic mass is 35.5. The predicted molar refractivity (Wildman–Crippen MR) is 70.2 cm³/mol. The van der Waals surface area contributed by atoms with E-state index in [0.717, 1.165) is 35.5 Å². The standard InChI is InChI=1S/C12H7Cl2F2NS/c13-11-4-1-7(12(14)17-11)6-18-10-5-8(15)2-3-9(10)16/h1-5H,6H2. The molecule has 2 aromatic rings. The largest absolute Gasteiger partial charge is 0.224 e. The van der Waals surface area contributed by atoms with E-state index in [1.54, 1.807) is 12.1 Å². The summed E-state index contributed by atoms with van der Waals surface area (Å²) >= 11 is 12.7. The summed E-state index contributed by atoms with van der Waals surface area (Å²) in [5.41, 5.74) is 0.717. The van der Waals surface area contributed by atoms with Crippen molar-refractivity contribution in [3.05, 3.63) is 57.8 Å². The Hall–Kier alpha value is -0.840. The van der Waals surface area contributed by atoms with Crippen molar-refractivity contribution in [2.45, 2.75) is 10.6 Å². The Morgan fingerprint density at radius 3 is 2.61 bits per heavy atom. The molecule has 0 saturated heterocycles. The molecule has 18 heavy (non-hydrogen) atoms. The van der Waals surface area contributed by atoms with Gasteiger partial charge >= 0.3 is 0 Å². The molecule has 0 radical (unpaired) electrons. The van der Waals surface area contributed by atoms with Crippen molar-refractivity contribution in [2.24, 2.45) is 0 Å². The monoisotopic (exact) mass is 305 g/mol. The normalized spacial score (nSPS) is 10.7. The van der Waals surface area contributed by atoms with Crippen LogP contribution < -0.4 is 0 Å². The van der Waals surface area contributed by atoms with Crippen LogP contribution in [0.4, 0.5) is 8.78 Å². The molecule has 1 aromatic carbocycles. The third-order valence-electron chi connectivity index (χ3n) is 2.17. The number of thioether (sulfide) groups is 1. The molecule has 0 unspecified atom stereocenters. The summed E-state index contributed by atoms with van der Waals surface area (Å²) in [6.07, 6.45) is 0. The van der Waals surface area contributed by atoms with E-state index < -0.39 is 11.6 Å². The van der Waals surface area contributed by atoms with Gasteiger partial charge in [-0.15, -0.1) is 11.8 Å². The van der Waals surface area contributed by atoms with Gasteiger partial charge in [0, 0.05) is 10.6 Å². The second kappa shape index (κ2) is 5.87. The van der Waals surface area contributed by atoms with Crippen LogP contribution >= 0.6 is 35.0 Å². The minimum absolute atomic E-state index is 0.237. The van der Waals surface area contributed by atoms with Crippen molar-refractivity contribution in [3.8, 4) is 0 Å². The molecular weight excluding hydrogens is 299 g/mol. The Kier molecular flexibility index (Phi) is 4.43. The lowest BCUT2D eigenvalue weighted by Gasteiger charge is -2.05. The number of hydrogen-bond acceptors (Lipinski definition) is 2. The lowest BCUT2D eigenvalue weighted by Crippen LogP contribution is -1.89. The maximum absolute atomic E-state index is 13.4. The zero-order valence-electron chi connectivity index (χ0n) is 8.96. The van der Waals surface area contributed by atoms with Crippen LogP contribution in [0.25, 0.3) is 0 Å². The fraction of sp³-hybridized carbons (Fsp3) is 0.0833. The number of hydrogen-bond donors (Lipinski definition) is 0. The summed E-state index contributed by atoms with van der Waals surface area (Å²) in [5.74, 6) is -0.540. The van der Waals surface area contributed by atoms with E-state index in [0.29, 0.717) is 10.9 Å². The number of benzene rings is 1. The summed E-state index contributed by atoms with van der Waals surface area (Å²) in [4.78, 5) is 4.11. The minimum atomic E-state index is -0.473. The Balaban J connectivity index is 2.13. The first-order valence-electron chi connectivity index (χ1n) is 4.95. The quantitative estimate of drug-likeness (QED) is 0.587. The zero-order chi connectivity index (χ0) is 13.1. The van der Waals surface area contributed by atoms with Crippen LogP contribution in [0, 0.1) is 11.6 Å². The molecule has 0 aliphatic heterocycles. The van der Waals surface area contributed by atoms with Crippen LogP contribution in [0.15, 0.2) is 35.2 Å². The molecule has 2 rings (SSSR count). The van der Waals surface area contributed by atoms with E-state index in [1.807, 2.05) is 0 Å². The summed E-state index contributed by atoms with van der Waals surface area (Å²) in [6, 6.07) is 6.64. The Bertz CT molecular complexity index is 578. The molecular formula is C12H7Cl2F2NS. The molecule has 0 atom stereocenters. The minimum Gasteiger partial charge on any atom is -0.224 e. The van der Waals surface area contributed by atoms with Gasteiger partial charge in [0.1, 0.15) is 21.9 Å². The number of halogens is 4. The summed E-state index contributed by atoms with van der Waals surface area (Å²) < 4.78 is 26.3. The van der Waals surface area contributed by atoms with E-state index in [9.17, 15) is 8.78 Å². The van der Waals surface area contributed by atoms with Crippen molar-refractivity contribution in [1.29, 1.82) is 0 Å². The fourth-order valence-electron chi connectivity index (χ4n) is 1.29. The van der Waals surface area contributed by atoms with Gasteiger partial charge in [0.25, 0.3) is 0 Å². The summed E-state index contributed by atoms with van der Waals surface area (Å²) in [6.45, 7) is 0. The average molecular weight is 306 g/mol. The van der Waals surface area contributed by atoms with Gasteiger partial charge in [-0.25, -0.2) is 13.8 Å².